The van der Waals surface area contributed by atoms with E-state index in [9.17, 15) is 18.0 Å². The van der Waals surface area contributed by atoms with Crippen LogP contribution in [0.5, 0.6) is 5.75 Å². The molecule has 122 valence electrons. The number of hydrogen-bond acceptors (Lipinski definition) is 4. The van der Waals surface area contributed by atoms with Crippen LogP contribution >= 0.6 is 0 Å². The first-order chi connectivity index (χ1) is 10.3. The fourth-order valence-electron chi connectivity index (χ4n) is 1.87. The molecule has 22 heavy (non-hydrogen) atoms. The fourth-order valence-corrected chi connectivity index (χ4v) is 1.87. The molecular weight excluding hydrogens is 299 g/mol. The van der Waals surface area contributed by atoms with Gasteiger partial charge in [0.15, 0.2) is 6.23 Å². The number of halogens is 3. The Morgan fingerprint density at radius 3 is 2.68 bits per heavy atom. The van der Waals surface area contributed by atoms with Gasteiger partial charge in [0.1, 0.15) is 5.75 Å². The predicted molar refractivity (Wildman–Crippen MR) is 75.2 cm³/mol. The van der Waals surface area contributed by atoms with Crippen LogP contribution in [0.4, 0.5) is 13.2 Å². The van der Waals surface area contributed by atoms with Gasteiger partial charge in [0, 0.05) is 5.56 Å². The summed E-state index contributed by atoms with van der Waals surface area (Å²) in [5, 5.41) is 0. The van der Waals surface area contributed by atoms with Crippen molar-refractivity contribution in [3.05, 3.63) is 42.0 Å². The quantitative estimate of drug-likeness (QED) is 0.363. The predicted octanol–water partition coefficient (Wildman–Crippen LogP) is 3.27. The number of carbonyl (C=O) groups is 1. The molecule has 0 aliphatic heterocycles. The SMILES string of the molecule is C=CCCCc1ccc(OC)cc1C(N)OC(=O)C(F)(F)F. The van der Waals surface area contributed by atoms with Crippen LogP contribution < -0.4 is 10.5 Å². The van der Waals surface area contributed by atoms with Crippen molar-refractivity contribution < 1.29 is 27.4 Å². The van der Waals surface area contributed by atoms with Gasteiger partial charge in [-0.2, -0.15) is 13.2 Å². The Bertz CT molecular complexity index is 529. The highest BCUT2D eigenvalue weighted by Crippen LogP contribution is 2.27. The van der Waals surface area contributed by atoms with E-state index in [1.54, 1.807) is 18.2 Å². The van der Waals surface area contributed by atoms with Crippen LogP contribution in [-0.4, -0.2) is 19.3 Å². The van der Waals surface area contributed by atoms with E-state index in [0.29, 0.717) is 23.3 Å². The lowest BCUT2D eigenvalue weighted by atomic mass is 10.0. The first kappa shape index (κ1) is 18.0. The number of hydrogen-bond donors (Lipinski definition) is 1. The van der Waals surface area contributed by atoms with Gasteiger partial charge in [-0.25, -0.2) is 4.79 Å². The Morgan fingerprint density at radius 1 is 1.45 bits per heavy atom. The average molecular weight is 317 g/mol. The van der Waals surface area contributed by atoms with E-state index in [0.717, 1.165) is 12.8 Å². The van der Waals surface area contributed by atoms with Crippen LogP contribution in [-0.2, 0) is 16.0 Å². The highest BCUT2D eigenvalue weighted by Gasteiger charge is 2.42. The Kier molecular flexibility index (Phi) is 6.42. The minimum Gasteiger partial charge on any atom is -0.497 e. The highest BCUT2D eigenvalue weighted by molar-refractivity contribution is 5.75. The summed E-state index contributed by atoms with van der Waals surface area (Å²) in [6.07, 6.45) is -2.77. The molecule has 0 heterocycles. The number of benzene rings is 1. The van der Waals surface area contributed by atoms with Gasteiger partial charge in [-0.05, 0) is 37.0 Å². The van der Waals surface area contributed by atoms with E-state index in [1.165, 1.54) is 13.2 Å². The lowest BCUT2D eigenvalue weighted by Crippen LogP contribution is -2.30. The van der Waals surface area contributed by atoms with E-state index in [4.69, 9.17) is 10.5 Å². The number of allylic oxidation sites excluding steroid dienone is 1. The number of esters is 1. The summed E-state index contributed by atoms with van der Waals surface area (Å²) in [6, 6.07) is 4.83. The average Bonchev–Trinajstić information content (AvgIpc) is 2.46. The summed E-state index contributed by atoms with van der Waals surface area (Å²) in [5.41, 5.74) is 6.59. The minimum absolute atomic E-state index is 0.293. The van der Waals surface area contributed by atoms with Crippen molar-refractivity contribution in [2.45, 2.75) is 31.7 Å². The normalized spacial score (nSPS) is 12.6. The lowest BCUT2D eigenvalue weighted by Gasteiger charge is -2.18. The van der Waals surface area contributed by atoms with Crippen molar-refractivity contribution in [3.63, 3.8) is 0 Å². The molecule has 0 aromatic heterocycles. The number of aryl methyl sites for hydroxylation is 1. The molecule has 1 unspecified atom stereocenters. The Morgan fingerprint density at radius 2 is 2.14 bits per heavy atom. The molecule has 2 N–H and O–H groups in total. The van der Waals surface area contributed by atoms with Crippen LogP contribution in [0.2, 0.25) is 0 Å². The zero-order valence-electron chi connectivity index (χ0n) is 12.2. The summed E-state index contributed by atoms with van der Waals surface area (Å²) in [4.78, 5) is 10.9. The molecule has 4 nitrogen and oxygen atoms in total. The van der Waals surface area contributed by atoms with Gasteiger partial charge in [-0.3, -0.25) is 5.73 Å². The molecule has 0 bridgehead atoms. The van der Waals surface area contributed by atoms with Crippen LogP contribution in [0.15, 0.2) is 30.9 Å². The van der Waals surface area contributed by atoms with Crippen molar-refractivity contribution >= 4 is 5.97 Å². The van der Waals surface area contributed by atoms with E-state index >= 15 is 0 Å². The number of nitrogens with two attached hydrogens (primary N) is 1. The molecule has 0 amide bonds. The van der Waals surface area contributed by atoms with Crippen molar-refractivity contribution in [2.75, 3.05) is 7.11 Å². The van der Waals surface area contributed by atoms with Crippen LogP contribution in [0.3, 0.4) is 0 Å². The third-order valence-corrected chi connectivity index (χ3v) is 2.98. The zero-order chi connectivity index (χ0) is 16.8. The van der Waals surface area contributed by atoms with Crippen LogP contribution in [0.25, 0.3) is 0 Å². The number of ether oxygens (including phenoxy) is 2. The number of alkyl halides is 3. The van der Waals surface area contributed by atoms with Gasteiger partial charge < -0.3 is 9.47 Å². The van der Waals surface area contributed by atoms with Gasteiger partial charge in [0.2, 0.25) is 0 Å². The monoisotopic (exact) mass is 317 g/mol. The number of unbranched alkanes of at least 4 members (excludes halogenated alkanes) is 1. The molecule has 0 saturated heterocycles. The second-order valence-corrected chi connectivity index (χ2v) is 4.57. The summed E-state index contributed by atoms with van der Waals surface area (Å²) < 4.78 is 46.1. The third kappa shape index (κ3) is 5.07. The number of carbonyl (C=O) groups excluding carboxylic acids is 1. The van der Waals surface area contributed by atoms with E-state index in [-0.39, 0.29) is 0 Å². The van der Waals surface area contributed by atoms with E-state index in [1.807, 2.05) is 0 Å². The molecular formula is C15H18F3NO3. The Labute approximate surface area is 126 Å². The molecule has 7 heteroatoms. The standard InChI is InChI=1S/C15H18F3NO3/c1-3-4-5-6-10-7-8-11(21-2)9-12(10)13(19)22-14(20)15(16,17)18/h3,7-9,13H,1,4-6,19H2,2H3. The van der Waals surface area contributed by atoms with Gasteiger partial charge >= 0.3 is 12.1 Å². The van der Waals surface area contributed by atoms with Gasteiger partial charge in [0.05, 0.1) is 7.11 Å². The number of methoxy groups -OCH3 is 1. The first-order valence-electron chi connectivity index (χ1n) is 6.60. The fraction of sp³-hybridized carbons (Fsp3) is 0.400. The molecule has 0 aliphatic rings. The maximum Gasteiger partial charge on any atom is 0.490 e. The number of rotatable bonds is 7. The van der Waals surface area contributed by atoms with Crippen molar-refractivity contribution in [3.8, 4) is 5.75 Å². The molecule has 1 aromatic carbocycles. The van der Waals surface area contributed by atoms with E-state index < -0.39 is 18.4 Å². The van der Waals surface area contributed by atoms with Crippen LogP contribution in [0, 0.1) is 0 Å². The maximum absolute atomic E-state index is 12.3. The molecule has 1 rings (SSSR count). The topological polar surface area (TPSA) is 61.6 Å². The second kappa shape index (κ2) is 7.84. The third-order valence-electron chi connectivity index (χ3n) is 2.98. The second-order valence-electron chi connectivity index (χ2n) is 4.57. The summed E-state index contributed by atoms with van der Waals surface area (Å²) in [6.45, 7) is 3.60. The summed E-state index contributed by atoms with van der Waals surface area (Å²) in [5.74, 6) is -1.90. The minimum atomic E-state index is -5.08. The van der Waals surface area contributed by atoms with E-state index in [2.05, 4.69) is 11.3 Å². The molecule has 0 saturated carbocycles. The van der Waals surface area contributed by atoms with Gasteiger partial charge in [-0.15, -0.1) is 6.58 Å². The lowest BCUT2D eigenvalue weighted by molar-refractivity contribution is -0.205. The zero-order valence-corrected chi connectivity index (χ0v) is 12.2. The molecule has 1 aromatic rings. The maximum atomic E-state index is 12.3. The van der Waals surface area contributed by atoms with Gasteiger partial charge in [0.25, 0.3) is 0 Å². The largest absolute Gasteiger partial charge is 0.497 e. The summed E-state index contributed by atoms with van der Waals surface area (Å²) >= 11 is 0. The Hall–Kier alpha value is -2.02. The molecule has 1 atom stereocenters. The smallest absolute Gasteiger partial charge is 0.490 e. The molecule has 0 spiro atoms. The Balaban J connectivity index is 2.97. The molecule has 0 fully saturated rings. The molecule has 0 radical (unpaired) electrons. The molecule has 0 aliphatic carbocycles. The van der Waals surface area contributed by atoms with Crippen molar-refractivity contribution in [2.24, 2.45) is 5.73 Å². The first-order valence-corrected chi connectivity index (χ1v) is 6.60. The van der Waals surface area contributed by atoms with Crippen LogP contribution in [0.1, 0.15) is 30.2 Å². The van der Waals surface area contributed by atoms with Gasteiger partial charge in [-0.1, -0.05) is 12.1 Å². The van der Waals surface area contributed by atoms with Crippen molar-refractivity contribution in [1.29, 1.82) is 0 Å². The highest BCUT2D eigenvalue weighted by atomic mass is 19.4. The van der Waals surface area contributed by atoms with Crippen molar-refractivity contribution in [1.82, 2.24) is 0 Å². The summed E-state index contributed by atoms with van der Waals surface area (Å²) in [7, 11) is 1.42.